The van der Waals surface area contributed by atoms with E-state index >= 15 is 0 Å². The second kappa shape index (κ2) is 8.06. The number of nitrogens with zero attached hydrogens (tertiary/aromatic N) is 2. The van der Waals surface area contributed by atoms with Gasteiger partial charge >= 0.3 is 0 Å². The van der Waals surface area contributed by atoms with Gasteiger partial charge in [-0.2, -0.15) is 0 Å². The number of pyridine rings is 1. The molecule has 0 bridgehead atoms. The standard InChI is InChI=1S/C14H25N3O/c1-5-8-15-11-13-6-7-14(16-12(13)2)17(3)9-10-18-4/h6-7,15H,5,8-11H2,1-4H3. The zero-order chi connectivity index (χ0) is 13.4. The molecule has 4 nitrogen and oxygen atoms in total. The summed E-state index contributed by atoms with van der Waals surface area (Å²) in [6.45, 7) is 7.76. The first-order valence-electron chi connectivity index (χ1n) is 6.56. The van der Waals surface area contributed by atoms with Gasteiger partial charge in [-0.15, -0.1) is 0 Å². The smallest absolute Gasteiger partial charge is 0.128 e. The van der Waals surface area contributed by atoms with E-state index in [9.17, 15) is 0 Å². The summed E-state index contributed by atoms with van der Waals surface area (Å²) in [5.74, 6) is 1.00. The molecule has 0 amide bonds. The fourth-order valence-corrected chi connectivity index (χ4v) is 1.72. The topological polar surface area (TPSA) is 37.4 Å². The Labute approximate surface area is 110 Å². The summed E-state index contributed by atoms with van der Waals surface area (Å²) in [5, 5.41) is 3.40. The van der Waals surface area contributed by atoms with Crippen LogP contribution in [0.1, 0.15) is 24.6 Å². The van der Waals surface area contributed by atoms with Gasteiger partial charge in [-0.05, 0) is 31.5 Å². The van der Waals surface area contributed by atoms with Crippen LogP contribution in [0.4, 0.5) is 5.82 Å². The maximum absolute atomic E-state index is 5.07. The predicted molar refractivity (Wildman–Crippen MR) is 76.1 cm³/mol. The molecule has 1 aromatic rings. The number of aromatic nitrogens is 1. The van der Waals surface area contributed by atoms with E-state index in [0.717, 1.165) is 44.2 Å². The molecule has 1 rings (SSSR count). The highest BCUT2D eigenvalue weighted by Gasteiger charge is 2.05. The van der Waals surface area contributed by atoms with Crippen LogP contribution in [0.2, 0.25) is 0 Å². The van der Waals surface area contributed by atoms with E-state index in [4.69, 9.17) is 4.74 Å². The fourth-order valence-electron chi connectivity index (χ4n) is 1.72. The summed E-state index contributed by atoms with van der Waals surface area (Å²) in [6, 6.07) is 4.23. The summed E-state index contributed by atoms with van der Waals surface area (Å²) < 4.78 is 5.07. The first-order valence-corrected chi connectivity index (χ1v) is 6.56. The van der Waals surface area contributed by atoms with Crippen LogP contribution in [0.25, 0.3) is 0 Å². The van der Waals surface area contributed by atoms with Crippen LogP contribution in [0.15, 0.2) is 12.1 Å². The van der Waals surface area contributed by atoms with Crippen molar-refractivity contribution in [2.24, 2.45) is 0 Å². The molecule has 0 aliphatic rings. The number of hydrogen-bond donors (Lipinski definition) is 1. The average Bonchev–Trinajstić information content (AvgIpc) is 2.38. The summed E-state index contributed by atoms with van der Waals surface area (Å²) in [6.07, 6.45) is 1.16. The van der Waals surface area contributed by atoms with Crippen molar-refractivity contribution >= 4 is 5.82 Å². The number of anilines is 1. The van der Waals surface area contributed by atoms with Crippen LogP contribution in [0, 0.1) is 6.92 Å². The Bertz CT molecular complexity index is 355. The van der Waals surface area contributed by atoms with E-state index < -0.39 is 0 Å². The Balaban J connectivity index is 2.60. The molecule has 102 valence electrons. The number of nitrogens with one attached hydrogen (secondary N) is 1. The SMILES string of the molecule is CCCNCc1ccc(N(C)CCOC)nc1C. The number of methoxy groups -OCH3 is 1. The Morgan fingerprint density at radius 3 is 2.78 bits per heavy atom. The van der Waals surface area contributed by atoms with Gasteiger partial charge in [0.25, 0.3) is 0 Å². The molecule has 1 N–H and O–H groups in total. The highest BCUT2D eigenvalue weighted by atomic mass is 16.5. The second-order valence-corrected chi connectivity index (χ2v) is 4.51. The predicted octanol–water partition coefficient (Wildman–Crippen LogP) is 1.97. The van der Waals surface area contributed by atoms with Gasteiger partial charge in [-0.3, -0.25) is 0 Å². The van der Waals surface area contributed by atoms with E-state index in [1.54, 1.807) is 7.11 Å². The number of hydrogen-bond acceptors (Lipinski definition) is 4. The van der Waals surface area contributed by atoms with Crippen LogP contribution < -0.4 is 10.2 Å². The van der Waals surface area contributed by atoms with Crippen molar-refractivity contribution in [1.82, 2.24) is 10.3 Å². The monoisotopic (exact) mass is 251 g/mol. The lowest BCUT2D eigenvalue weighted by Gasteiger charge is -2.19. The Hall–Kier alpha value is -1.13. The van der Waals surface area contributed by atoms with Gasteiger partial charge in [0.15, 0.2) is 0 Å². The van der Waals surface area contributed by atoms with Crippen LogP contribution in [0.3, 0.4) is 0 Å². The lowest BCUT2D eigenvalue weighted by atomic mass is 10.2. The normalized spacial score (nSPS) is 10.7. The van der Waals surface area contributed by atoms with Crippen molar-refractivity contribution in [3.63, 3.8) is 0 Å². The largest absolute Gasteiger partial charge is 0.383 e. The third-order valence-corrected chi connectivity index (χ3v) is 2.94. The molecule has 4 heteroatoms. The summed E-state index contributed by atoms with van der Waals surface area (Å²) in [5.41, 5.74) is 2.37. The molecule has 0 fully saturated rings. The number of rotatable bonds is 8. The summed E-state index contributed by atoms with van der Waals surface area (Å²) >= 11 is 0. The minimum absolute atomic E-state index is 0.719. The van der Waals surface area contributed by atoms with Gasteiger partial charge in [0.05, 0.1) is 6.61 Å². The van der Waals surface area contributed by atoms with E-state index in [2.05, 4.69) is 41.2 Å². The van der Waals surface area contributed by atoms with Crippen LogP contribution in [-0.4, -0.2) is 38.8 Å². The molecule has 0 spiro atoms. The molecule has 0 radical (unpaired) electrons. The first-order chi connectivity index (χ1) is 8.69. The molecule has 1 aromatic heterocycles. The maximum Gasteiger partial charge on any atom is 0.128 e. The van der Waals surface area contributed by atoms with Crippen molar-refractivity contribution in [3.05, 3.63) is 23.4 Å². The Morgan fingerprint density at radius 1 is 1.39 bits per heavy atom. The zero-order valence-corrected chi connectivity index (χ0v) is 12.0. The van der Waals surface area contributed by atoms with Crippen molar-refractivity contribution in [1.29, 1.82) is 0 Å². The van der Waals surface area contributed by atoms with Crippen molar-refractivity contribution in [2.45, 2.75) is 26.8 Å². The lowest BCUT2D eigenvalue weighted by Crippen LogP contribution is -2.23. The van der Waals surface area contributed by atoms with Crippen LogP contribution >= 0.6 is 0 Å². The fraction of sp³-hybridized carbons (Fsp3) is 0.643. The van der Waals surface area contributed by atoms with E-state index in [1.165, 1.54) is 5.56 Å². The van der Waals surface area contributed by atoms with Gasteiger partial charge in [-0.25, -0.2) is 4.98 Å². The molecular formula is C14H25N3O. The molecule has 0 aliphatic heterocycles. The number of likely N-dealkylation sites (N-methyl/N-ethyl adjacent to an activating group) is 1. The molecule has 0 saturated carbocycles. The van der Waals surface area contributed by atoms with E-state index in [1.807, 2.05) is 7.05 Å². The van der Waals surface area contributed by atoms with Crippen molar-refractivity contribution in [2.75, 3.05) is 38.8 Å². The van der Waals surface area contributed by atoms with E-state index in [0.29, 0.717) is 0 Å². The highest BCUT2D eigenvalue weighted by Crippen LogP contribution is 2.13. The van der Waals surface area contributed by atoms with Crippen LogP contribution in [-0.2, 0) is 11.3 Å². The molecule has 18 heavy (non-hydrogen) atoms. The van der Waals surface area contributed by atoms with Gasteiger partial charge in [-0.1, -0.05) is 13.0 Å². The highest BCUT2D eigenvalue weighted by molar-refractivity contribution is 5.40. The number of ether oxygens (including phenoxy) is 1. The molecule has 0 saturated heterocycles. The Morgan fingerprint density at radius 2 is 2.17 bits per heavy atom. The maximum atomic E-state index is 5.07. The van der Waals surface area contributed by atoms with Crippen molar-refractivity contribution in [3.8, 4) is 0 Å². The van der Waals surface area contributed by atoms with Crippen LogP contribution in [0.5, 0.6) is 0 Å². The van der Waals surface area contributed by atoms with Gasteiger partial charge < -0.3 is 15.0 Å². The molecule has 1 heterocycles. The van der Waals surface area contributed by atoms with Gasteiger partial charge in [0, 0.05) is 32.9 Å². The summed E-state index contributed by atoms with van der Waals surface area (Å²) in [4.78, 5) is 6.75. The first kappa shape index (κ1) is 14.9. The number of aryl methyl sites for hydroxylation is 1. The Kier molecular flexibility index (Phi) is 6.68. The second-order valence-electron chi connectivity index (χ2n) is 4.51. The van der Waals surface area contributed by atoms with Gasteiger partial charge in [0.1, 0.15) is 5.82 Å². The molecule has 0 aromatic carbocycles. The molecule has 0 unspecified atom stereocenters. The molecule has 0 aliphatic carbocycles. The van der Waals surface area contributed by atoms with Crippen molar-refractivity contribution < 1.29 is 4.74 Å². The minimum Gasteiger partial charge on any atom is -0.383 e. The quantitative estimate of drug-likeness (QED) is 0.717. The molecular weight excluding hydrogens is 226 g/mol. The third-order valence-electron chi connectivity index (χ3n) is 2.94. The lowest BCUT2D eigenvalue weighted by molar-refractivity contribution is 0.206. The third kappa shape index (κ3) is 4.63. The minimum atomic E-state index is 0.719. The summed E-state index contributed by atoms with van der Waals surface area (Å²) in [7, 11) is 3.75. The van der Waals surface area contributed by atoms with E-state index in [-0.39, 0.29) is 0 Å². The zero-order valence-electron chi connectivity index (χ0n) is 12.0. The average molecular weight is 251 g/mol. The van der Waals surface area contributed by atoms with Gasteiger partial charge in [0.2, 0.25) is 0 Å². The molecule has 0 atom stereocenters.